The topological polar surface area (TPSA) is 50.5 Å². The molecular weight excluding hydrogens is 362 g/mol. The minimum atomic E-state index is -2.27. The maximum Gasteiger partial charge on any atom is 0.256 e. The first-order chi connectivity index (χ1) is 14.4. The summed E-state index contributed by atoms with van der Waals surface area (Å²) in [5.74, 6) is -2.38. The van der Waals surface area contributed by atoms with E-state index in [1.165, 1.54) is 30.5 Å². The molecule has 28 heavy (non-hydrogen) atoms. The minimum Gasteiger partial charge on any atom is -0.328 e. The van der Waals surface area contributed by atoms with Crippen LogP contribution in [0, 0.1) is 11.6 Å². The number of benzene rings is 1. The summed E-state index contributed by atoms with van der Waals surface area (Å²) in [4.78, 5) is 21.5. The van der Waals surface area contributed by atoms with Gasteiger partial charge in [0.05, 0.1) is 27.0 Å². The molecule has 1 aliphatic rings. The Morgan fingerprint density at radius 1 is 1.04 bits per heavy atom. The predicted octanol–water partition coefficient (Wildman–Crippen LogP) is 3.83. The summed E-state index contributed by atoms with van der Waals surface area (Å²) in [5.41, 5.74) is 1.19. The van der Waals surface area contributed by atoms with E-state index in [0.29, 0.717) is 16.8 Å². The number of halogens is 2. The summed E-state index contributed by atoms with van der Waals surface area (Å²) < 4.78 is 48.0. The van der Waals surface area contributed by atoms with E-state index in [2.05, 4.69) is 9.97 Å². The van der Waals surface area contributed by atoms with Crippen molar-refractivity contribution in [1.29, 1.82) is 0 Å². The molecule has 5 rings (SSSR count). The number of amides is 1. The van der Waals surface area contributed by atoms with Gasteiger partial charge in [-0.3, -0.25) is 9.78 Å². The van der Waals surface area contributed by atoms with E-state index in [0.717, 1.165) is 4.90 Å². The van der Waals surface area contributed by atoms with Gasteiger partial charge < -0.3 is 9.30 Å². The van der Waals surface area contributed by atoms with Gasteiger partial charge in [0.15, 0.2) is 0 Å². The SMILES string of the molecule is [2H]C1([2H])c2ncccc2C(=O)N1Cc1c(F)cc(-c2ccn3ccnc3c2)cc1F. The molecule has 0 bridgehead atoms. The zero-order valence-electron chi connectivity index (χ0n) is 16.4. The van der Waals surface area contributed by atoms with Crippen molar-refractivity contribution in [2.24, 2.45) is 0 Å². The van der Waals surface area contributed by atoms with Gasteiger partial charge in [-0.2, -0.15) is 0 Å². The van der Waals surface area contributed by atoms with Gasteiger partial charge >= 0.3 is 0 Å². The van der Waals surface area contributed by atoms with Crippen molar-refractivity contribution in [1.82, 2.24) is 19.3 Å². The number of carbonyl (C=O) groups is 1. The summed E-state index contributed by atoms with van der Waals surface area (Å²) in [7, 11) is 0. The number of rotatable bonds is 3. The van der Waals surface area contributed by atoms with E-state index in [9.17, 15) is 13.6 Å². The Balaban J connectivity index is 1.51. The Hall–Kier alpha value is -3.61. The molecular formula is C21H14F2N4O. The Kier molecular flexibility index (Phi) is 3.21. The molecule has 4 heterocycles. The maximum absolute atomic E-state index is 14.9. The smallest absolute Gasteiger partial charge is 0.256 e. The van der Waals surface area contributed by atoms with E-state index in [1.54, 1.807) is 35.1 Å². The second kappa shape index (κ2) is 6.23. The lowest BCUT2D eigenvalue weighted by atomic mass is 10.0. The predicted molar refractivity (Wildman–Crippen MR) is 98.4 cm³/mol. The van der Waals surface area contributed by atoms with E-state index in [1.807, 2.05) is 0 Å². The number of hydrogen-bond donors (Lipinski definition) is 0. The van der Waals surface area contributed by atoms with Crippen LogP contribution < -0.4 is 0 Å². The third-order valence-electron chi connectivity index (χ3n) is 4.71. The fraction of sp³-hybridized carbons (Fsp3) is 0.0952. The molecule has 0 fully saturated rings. The fourth-order valence-electron chi connectivity index (χ4n) is 3.27. The molecule has 0 atom stereocenters. The van der Waals surface area contributed by atoms with E-state index in [4.69, 9.17) is 2.74 Å². The number of hydrogen-bond acceptors (Lipinski definition) is 3. The number of fused-ring (bicyclic) bond motifs is 2. The van der Waals surface area contributed by atoms with Crippen molar-refractivity contribution < 1.29 is 16.3 Å². The monoisotopic (exact) mass is 378 g/mol. The van der Waals surface area contributed by atoms with Crippen molar-refractivity contribution in [2.75, 3.05) is 0 Å². The lowest BCUT2D eigenvalue weighted by Gasteiger charge is -2.17. The van der Waals surface area contributed by atoms with Gasteiger partial charge in [-0.15, -0.1) is 0 Å². The molecule has 0 aliphatic carbocycles. The standard InChI is InChI=1S/C21H14F2N4O/c22-17-8-14(13-3-6-26-7-5-25-20(26)10-13)9-18(23)16(17)11-27-12-19-15(21(27)28)2-1-4-24-19/h1-10H,11-12H2/i12D2. The third-order valence-corrected chi connectivity index (χ3v) is 4.71. The maximum atomic E-state index is 14.9. The van der Waals surface area contributed by atoms with Crippen LogP contribution in [0.4, 0.5) is 8.78 Å². The third kappa shape index (κ3) is 2.63. The molecule has 1 amide bonds. The van der Waals surface area contributed by atoms with Gasteiger partial charge in [0, 0.05) is 30.4 Å². The molecule has 3 aromatic heterocycles. The molecule has 0 radical (unpaired) electrons. The molecule has 0 N–H and O–H groups in total. The molecule has 5 nitrogen and oxygen atoms in total. The van der Waals surface area contributed by atoms with Crippen LogP contribution in [0.15, 0.2) is 61.2 Å². The minimum absolute atomic E-state index is 0.0552. The average Bonchev–Trinajstić information content (AvgIpc) is 3.26. The van der Waals surface area contributed by atoms with Gasteiger partial charge in [0.25, 0.3) is 5.91 Å². The van der Waals surface area contributed by atoms with Crippen LogP contribution in [0.1, 0.15) is 24.4 Å². The molecule has 1 aromatic carbocycles. The average molecular weight is 378 g/mol. The molecule has 0 saturated carbocycles. The van der Waals surface area contributed by atoms with Crippen LogP contribution in [0.25, 0.3) is 16.8 Å². The second-order valence-electron chi connectivity index (χ2n) is 6.43. The van der Waals surface area contributed by atoms with E-state index < -0.39 is 30.6 Å². The number of imidazole rings is 1. The summed E-state index contributed by atoms with van der Waals surface area (Å²) in [6, 6.07) is 8.74. The van der Waals surface area contributed by atoms with Crippen molar-refractivity contribution >= 4 is 11.6 Å². The summed E-state index contributed by atoms with van der Waals surface area (Å²) >= 11 is 0. The zero-order chi connectivity index (χ0) is 21.0. The number of aromatic nitrogens is 3. The van der Waals surface area contributed by atoms with Gasteiger partial charge in [0.1, 0.15) is 17.3 Å². The molecule has 1 aliphatic heterocycles. The molecule has 0 unspecified atom stereocenters. The lowest BCUT2D eigenvalue weighted by molar-refractivity contribution is 0.0763. The van der Waals surface area contributed by atoms with Crippen LogP contribution in [0.5, 0.6) is 0 Å². The highest BCUT2D eigenvalue weighted by Crippen LogP contribution is 2.28. The fourth-order valence-corrected chi connectivity index (χ4v) is 3.27. The van der Waals surface area contributed by atoms with Crippen LogP contribution >= 0.6 is 0 Å². The highest BCUT2D eigenvalue weighted by Gasteiger charge is 2.29. The quantitative estimate of drug-likeness (QED) is 0.544. The Labute approximate surface area is 161 Å². The van der Waals surface area contributed by atoms with Gasteiger partial charge in [0.2, 0.25) is 0 Å². The largest absolute Gasteiger partial charge is 0.328 e. The van der Waals surface area contributed by atoms with Crippen molar-refractivity contribution in [3.8, 4) is 11.1 Å². The van der Waals surface area contributed by atoms with E-state index in [-0.39, 0.29) is 16.8 Å². The Bertz CT molecular complexity index is 1300. The lowest BCUT2D eigenvalue weighted by Crippen LogP contribution is -2.24. The van der Waals surface area contributed by atoms with E-state index >= 15 is 0 Å². The molecule has 138 valence electrons. The van der Waals surface area contributed by atoms with Crippen molar-refractivity contribution in [2.45, 2.75) is 13.0 Å². The first-order valence-corrected chi connectivity index (χ1v) is 8.55. The van der Waals surface area contributed by atoms with Gasteiger partial charge in [-0.1, -0.05) is 0 Å². The van der Waals surface area contributed by atoms with Crippen LogP contribution in [-0.4, -0.2) is 25.2 Å². The number of pyridine rings is 2. The Morgan fingerprint density at radius 3 is 2.64 bits per heavy atom. The number of carbonyl (C=O) groups excluding carboxylic acids is 1. The highest BCUT2D eigenvalue weighted by molar-refractivity contribution is 5.97. The summed E-state index contributed by atoms with van der Waals surface area (Å²) in [6.07, 6.45) is 6.50. The number of nitrogens with zero attached hydrogens (tertiary/aromatic N) is 4. The Morgan fingerprint density at radius 2 is 1.86 bits per heavy atom. The van der Waals surface area contributed by atoms with Crippen molar-refractivity contribution in [3.63, 3.8) is 0 Å². The molecule has 4 aromatic rings. The zero-order valence-corrected chi connectivity index (χ0v) is 14.4. The first kappa shape index (κ1) is 14.4. The van der Waals surface area contributed by atoms with Crippen LogP contribution in [0.3, 0.4) is 0 Å². The van der Waals surface area contributed by atoms with Gasteiger partial charge in [-0.05, 0) is 47.5 Å². The van der Waals surface area contributed by atoms with Crippen molar-refractivity contribution in [3.05, 3.63) is 89.6 Å². The normalized spacial score (nSPS) is 16.2. The molecule has 0 saturated heterocycles. The second-order valence-corrected chi connectivity index (χ2v) is 6.43. The highest BCUT2D eigenvalue weighted by atomic mass is 19.1. The summed E-state index contributed by atoms with van der Waals surface area (Å²) in [6.45, 7) is -2.82. The molecule has 7 heteroatoms. The van der Waals surface area contributed by atoms with Crippen LogP contribution in [0.2, 0.25) is 0 Å². The van der Waals surface area contributed by atoms with Crippen LogP contribution in [-0.2, 0) is 13.0 Å². The first-order valence-electron chi connectivity index (χ1n) is 9.55. The van der Waals surface area contributed by atoms with Gasteiger partial charge in [-0.25, -0.2) is 13.8 Å². The summed E-state index contributed by atoms with van der Waals surface area (Å²) in [5, 5.41) is 0. The molecule has 0 spiro atoms.